The number of anilines is 1. The van der Waals surface area contributed by atoms with Crippen LogP contribution in [0.2, 0.25) is 10.0 Å². The van der Waals surface area contributed by atoms with Crippen LogP contribution >= 0.6 is 66.8 Å². The summed E-state index contributed by atoms with van der Waals surface area (Å²) in [4.78, 5) is 39.2. The summed E-state index contributed by atoms with van der Waals surface area (Å²) in [6.07, 6.45) is 1.60. The number of hydrogen-bond donors (Lipinski definition) is 1. The van der Waals surface area contributed by atoms with Crippen molar-refractivity contribution < 1.29 is 19.1 Å². The zero-order valence-corrected chi connectivity index (χ0v) is 25.6. The van der Waals surface area contributed by atoms with Gasteiger partial charge in [0.2, 0.25) is 5.91 Å². The molecule has 6 nitrogen and oxygen atoms in total. The number of carbonyl (C=O) groups is 3. The van der Waals surface area contributed by atoms with Crippen molar-refractivity contribution in [3.8, 4) is 5.75 Å². The zero-order chi connectivity index (χ0) is 27.6. The Balaban J connectivity index is 1.45. The molecule has 1 aliphatic heterocycles. The van der Waals surface area contributed by atoms with Crippen molar-refractivity contribution in [1.29, 1.82) is 0 Å². The molecule has 4 rings (SSSR count). The van der Waals surface area contributed by atoms with Crippen LogP contribution in [0.3, 0.4) is 0 Å². The summed E-state index contributed by atoms with van der Waals surface area (Å²) in [6, 6.07) is 14.3. The van der Waals surface area contributed by atoms with E-state index in [-0.39, 0.29) is 18.1 Å². The van der Waals surface area contributed by atoms with Crippen molar-refractivity contribution in [2.24, 2.45) is 0 Å². The lowest BCUT2D eigenvalue weighted by Crippen LogP contribution is -2.36. The molecule has 0 spiro atoms. The van der Waals surface area contributed by atoms with E-state index in [4.69, 9.17) is 27.9 Å². The maximum atomic E-state index is 12.9. The van der Waals surface area contributed by atoms with E-state index in [1.165, 1.54) is 0 Å². The summed E-state index contributed by atoms with van der Waals surface area (Å²) >= 11 is 20.0. The number of thioether (sulfide) groups is 1. The van der Waals surface area contributed by atoms with Gasteiger partial charge < -0.3 is 10.1 Å². The van der Waals surface area contributed by atoms with Crippen molar-refractivity contribution in [1.82, 2.24) is 4.90 Å². The third-order valence-electron chi connectivity index (χ3n) is 5.76. The molecule has 0 saturated carbocycles. The molecular formula is C27H20Br2Cl2N2O4S. The Kier molecular flexibility index (Phi) is 9.26. The normalized spacial score (nSPS) is 14.4. The Labute approximate surface area is 251 Å². The monoisotopic (exact) mass is 696 g/mol. The van der Waals surface area contributed by atoms with Gasteiger partial charge in [-0.3, -0.25) is 19.3 Å². The molecule has 3 amide bonds. The minimum atomic E-state index is -0.527. The van der Waals surface area contributed by atoms with Crippen molar-refractivity contribution in [2.45, 2.75) is 20.5 Å². The van der Waals surface area contributed by atoms with Crippen molar-refractivity contribution in [3.63, 3.8) is 0 Å². The average molecular weight is 699 g/mol. The summed E-state index contributed by atoms with van der Waals surface area (Å²) in [5, 5.41) is 3.31. The fraction of sp³-hybridized carbons (Fsp3) is 0.148. The minimum Gasteiger partial charge on any atom is -0.486 e. The lowest BCUT2D eigenvalue weighted by molar-refractivity contribution is -0.127. The highest BCUT2D eigenvalue weighted by atomic mass is 79.9. The molecule has 1 heterocycles. The first-order valence-corrected chi connectivity index (χ1v) is 14.4. The topological polar surface area (TPSA) is 75.7 Å². The highest BCUT2D eigenvalue weighted by Crippen LogP contribution is 2.38. The second-order valence-corrected chi connectivity index (χ2v) is 11.9. The quantitative estimate of drug-likeness (QED) is 0.251. The molecule has 0 aliphatic carbocycles. The lowest BCUT2D eigenvalue weighted by Gasteiger charge is -2.14. The highest BCUT2D eigenvalue weighted by molar-refractivity contribution is 9.11. The van der Waals surface area contributed by atoms with Gasteiger partial charge in [-0.2, -0.15) is 0 Å². The molecule has 196 valence electrons. The summed E-state index contributed by atoms with van der Waals surface area (Å²) in [5.74, 6) is -0.430. The Morgan fingerprint density at radius 2 is 1.79 bits per heavy atom. The van der Waals surface area contributed by atoms with E-state index in [0.717, 1.165) is 33.4 Å². The second kappa shape index (κ2) is 12.3. The molecule has 3 aromatic carbocycles. The SMILES string of the molecule is Cc1cccc(NC(=O)CN2C(=O)S/C(=C/c3cc(Br)c(OCc4ccc(Cl)cc4Cl)c(Br)c3)C2=O)c1C. The number of halogens is 4. The van der Waals surface area contributed by atoms with E-state index in [2.05, 4.69) is 37.2 Å². The third kappa shape index (κ3) is 6.63. The van der Waals surface area contributed by atoms with Crippen molar-refractivity contribution >= 4 is 95.6 Å². The number of hydrogen-bond acceptors (Lipinski definition) is 5. The Bertz CT molecular complexity index is 1470. The van der Waals surface area contributed by atoms with E-state index in [0.29, 0.717) is 36.0 Å². The van der Waals surface area contributed by atoms with Crippen LogP contribution in [0, 0.1) is 13.8 Å². The molecule has 1 saturated heterocycles. The smallest absolute Gasteiger partial charge is 0.294 e. The van der Waals surface area contributed by atoms with Crippen molar-refractivity contribution in [3.05, 3.63) is 94.7 Å². The van der Waals surface area contributed by atoms with Gasteiger partial charge in [-0.05, 0) is 111 Å². The first-order valence-electron chi connectivity index (χ1n) is 11.2. The molecule has 11 heteroatoms. The maximum Gasteiger partial charge on any atom is 0.294 e. The van der Waals surface area contributed by atoms with Gasteiger partial charge in [-0.1, -0.05) is 41.4 Å². The second-order valence-electron chi connectivity index (χ2n) is 8.40. The van der Waals surface area contributed by atoms with E-state index in [1.807, 2.05) is 26.0 Å². The highest BCUT2D eigenvalue weighted by Gasteiger charge is 2.36. The summed E-state index contributed by atoms with van der Waals surface area (Å²) in [6.45, 7) is 3.68. The Morgan fingerprint density at radius 1 is 1.08 bits per heavy atom. The molecule has 38 heavy (non-hydrogen) atoms. The van der Waals surface area contributed by atoms with Crippen LogP contribution in [0.15, 0.2) is 62.4 Å². The standard InChI is InChI=1S/C27H20Br2Cl2N2O4S/c1-14-4-3-5-22(15(14)2)32-24(34)12-33-26(35)23(38-27(33)36)10-16-8-19(28)25(20(29)9-16)37-13-17-6-7-18(30)11-21(17)31/h3-11H,12-13H2,1-2H3,(H,32,34)/b23-10+. The maximum absolute atomic E-state index is 12.9. The molecule has 0 atom stereocenters. The van der Waals surface area contributed by atoms with Gasteiger partial charge in [-0.15, -0.1) is 0 Å². The number of imide groups is 1. The molecule has 3 aromatic rings. The zero-order valence-electron chi connectivity index (χ0n) is 20.1. The van der Waals surface area contributed by atoms with E-state index < -0.39 is 17.1 Å². The molecule has 0 unspecified atom stereocenters. The van der Waals surface area contributed by atoms with E-state index in [9.17, 15) is 14.4 Å². The predicted octanol–water partition coefficient (Wildman–Crippen LogP) is 8.39. The number of carbonyl (C=O) groups excluding carboxylic acids is 3. The summed E-state index contributed by atoms with van der Waals surface area (Å²) in [5.41, 5.74) is 4.03. The van der Waals surface area contributed by atoms with Crippen molar-refractivity contribution in [2.75, 3.05) is 11.9 Å². The first-order chi connectivity index (χ1) is 18.0. The fourth-order valence-corrected chi connectivity index (χ4v) is 6.35. The van der Waals surface area contributed by atoms with E-state index in [1.54, 1.807) is 42.5 Å². The molecule has 1 fully saturated rings. The number of nitrogens with one attached hydrogen (secondary N) is 1. The number of benzene rings is 3. The minimum absolute atomic E-state index is 0.218. The molecule has 0 bridgehead atoms. The van der Waals surface area contributed by atoms with Gasteiger partial charge in [-0.25, -0.2) is 0 Å². The number of rotatable bonds is 7. The van der Waals surface area contributed by atoms with Gasteiger partial charge in [0.15, 0.2) is 0 Å². The third-order valence-corrected chi connectivity index (χ3v) is 8.43. The Hall–Kier alpha value is -2.30. The Morgan fingerprint density at radius 3 is 2.47 bits per heavy atom. The predicted molar refractivity (Wildman–Crippen MR) is 160 cm³/mol. The lowest BCUT2D eigenvalue weighted by atomic mass is 10.1. The largest absolute Gasteiger partial charge is 0.486 e. The van der Waals surface area contributed by atoms with Gasteiger partial charge >= 0.3 is 0 Å². The van der Waals surface area contributed by atoms with E-state index >= 15 is 0 Å². The van der Waals surface area contributed by atoms with Crippen LogP contribution in [0.25, 0.3) is 6.08 Å². The number of amides is 3. The number of aryl methyl sites for hydroxylation is 1. The number of nitrogens with zero attached hydrogens (tertiary/aromatic N) is 1. The fourth-order valence-electron chi connectivity index (χ4n) is 3.60. The molecule has 1 N–H and O–H groups in total. The van der Waals surface area contributed by atoms with Crippen LogP contribution in [0.5, 0.6) is 5.75 Å². The average Bonchev–Trinajstić information content (AvgIpc) is 3.10. The molecular weight excluding hydrogens is 679 g/mol. The van der Waals surface area contributed by atoms with Gasteiger partial charge in [0.1, 0.15) is 18.9 Å². The summed E-state index contributed by atoms with van der Waals surface area (Å²) < 4.78 is 7.21. The van der Waals surface area contributed by atoms with Crippen LogP contribution in [-0.4, -0.2) is 28.5 Å². The van der Waals surface area contributed by atoms with Crippen LogP contribution < -0.4 is 10.1 Å². The first kappa shape index (κ1) is 28.7. The van der Waals surface area contributed by atoms with Gasteiger partial charge in [0.25, 0.3) is 11.1 Å². The van der Waals surface area contributed by atoms with Crippen LogP contribution in [0.1, 0.15) is 22.3 Å². The van der Waals surface area contributed by atoms with Crippen LogP contribution in [0.4, 0.5) is 10.5 Å². The van der Waals surface area contributed by atoms with Gasteiger partial charge in [0, 0.05) is 21.3 Å². The summed E-state index contributed by atoms with van der Waals surface area (Å²) in [7, 11) is 0. The number of ether oxygens (including phenoxy) is 1. The van der Waals surface area contributed by atoms with Crippen LogP contribution in [-0.2, 0) is 16.2 Å². The molecule has 1 aliphatic rings. The molecule has 0 aromatic heterocycles. The molecule has 0 radical (unpaired) electrons. The van der Waals surface area contributed by atoms with Gasteiger partial charge in [0.05, 0.1) is 13.9 Å².